The molecule has 0 spiro atoms. The minimum absolute atomic E-state index is 0.0360. The van der Waals surface area contributed by atoms with E-state index in [0.717, 1.165) is 32.0 Å². The molecule has 0 unspecified atom stereocenters. The zero-order valence-electron chi connectivity index (χ0n) is 13.4. The van der Waals surface area contributed by atoms with Crippen LogP contribution in [-0.4, -0.2) is 35.8 Å². The van der Waals surface area contributed by atoms with E-state index in [1.165, 1.54) is 5.69 Å². The van der Waals surface area contributed by atoms with Crippen LogP contribution in [0.15, 0.2) is 18.3 Å². The summed E-state index contributed by atoms with van der Waals surface area (Å²) in [5.74, 6) is 0. The largest absolute Gasteiger partial charge is 0.377 e. The van der Waals surface area contributed by atoms with E-state index < -0.39 is 0 Å². The Bertz CT molecular complexity index is 451. The standard InChI is InChI=1S/C16H27N3O/c1-15(2,3)18-11-13-10-14(6-7-17-13)19-8-9-20-12-16(19,4)5/h6-7,10,18H,8-9,11-12H2,1-5H3. The smallest absolute Gasteiger partial charge is 0.0694 e. The molecule has 1 N–H and O–H groups in total. The van der Waals surface area contributed by atoms with Gasteiger partial charge in [-0.2, -0.15) is 0 Å². The highest BCUT2D eigenvalue weighted by molar-refractivity contribution is 5.49. The Morgan fingerprint density at radius 2 is 2.15 bits per heavy atom. The van der Waals surface area contributed by atoms with Gasteiger partial charge in [-0.25, -0.2) is 0 Å². The van der Waals surface area contributed by atoms with Crippen molar-refractivity contribution in [2.45, 2.75) is 52.2 Å². The number of hydrogen-bond donors (Lipinski definition) is 1. The summed E-state index contributed by atoms with van der Waals surface area (Å²) in [6.07, 6.45) is 1.90. The number of anilines is 1. The van der Waals surface area contributed by atoms with Crippen LogP contribution in [0, 0.1) is 0 Å². The molecular formula is C16H27N3O. The van der Waals surface area contributed by atoms with Crippen molar-refractivity contribution in [1.29, 1.82) is 0 Å². The summed E-state index contributed by atoms with van der Waals surface area (Å²) >= 11 is 0. The van der Waals surface area contributed by atoms with Crippen LogP contribution < -0.4 is 10.2 Å². The zero-order valence-corrected chi connectivity index (χ0v) is 13.4. The quantitative estimate of drug-likeness (QED) is 0.921. The highest BCUT2D eigenvalue weighted by Crippen LogP contribution is 2.27. The Labute approximate surface area is 122 Å². The van der Waals surface area contributed by atoms with E-state index in [4.69, 9.17) is 4.74 Å². The van der Waals surface area contributed by atoms with Crippen molar-refractivity contribution < 1.29 is 4.74 Å². The maximum Gasteiger partial charge on any atom is 0.0694 e. The lowest BCUT2D eigenvalue weighted by atomic mass is 10.0. The maximum atomic E-state index is 5.59. The number of rotatable bonds is 3. The number of nitrogens with zero attached hydrogens (tertiary/aromatic N) is 2. The minimum Gasteiger partial charge on any atom is -0.377 e. The molecule has 1 aromatic rings. The molecule has 0 saturated carbocycles. The zero-order chi connectivity index (χ0) is 14.8. The van der Waals surface area contributed by atoms with Gasteiger partial charge in [0.05, 0.1) is 24.4 Å². The first-order valence-corrected chi connectivity index (χ1v) is 7.33. The van der Waals surface area contributed by atoms with Gasteiger partial charge in [0.25, 0.3) is 0 Å². The summed E-state index contributed by atoms with van der Waals surface area (Å²) in [5, 5.41) is 3.48. The van der Waals surface area contributed by atoms with Gasteiger partial charge in [0.15, 0.2) is 0 Å². The average molecular weight is 277 g/mol. The molecule has 1 aliphatic heterocycles. The summed E-state index contributed by atoms with van der Waals surface area (Å²) in [4.78, 5) is 6.88. The van der Waals surface area contributed by atoms with E-state index in [-0.39, 0.29) is 11.1 Å². The van der Waals surface area contributed by atoms with Gasteiger partial charge in [-0.15, -0.1) is 0 Å². The molecule has 0 atom stereocenters. The molecule has 0 amide bonds. The van der Waals surface area contributed by atoms with Gasteiger partial charge in [-0.3, -0.25) is 4.98 Å². The van der Waals surface area contributed by atoms with Crippen LogP contribution in [-0.2, 0) is 11.3 Å². The number of morpholine rings is 1. The van der Waals surface area contributed by atoms with Gasteiger partial charge < -0.3 is 15.0 Å². The van der Waals surface area contributed by atoms with Crippen molar-refractivity contribution >= 4 is 5.69 Å². The first kappa shape index (κ1) is 15.3. The van der Waals surface area contributed by atoms with E-state index in [9.17, 15) is 0 Å². The van der Waals surface area contributed by atoms with Crippen LogP contribution in [0.25, 0.3) is 0 Å². The van der Waals surface area contributed by atoms with Gasteiger partial charge in [-0.05, 0) is 46.8 Å². The highest BCUT2D eigenvalue weighted by atomic mass is 16.5. The van der Waals surface area contributed by atoms with Crippen molar-refractivity contribution in [3.8, 4) is 0 Å². The Balaban J connectivity index is 2.13. The fourth-order valence-electron chi connectivity index (χ4n) is 2.42. The second-order valence-electron chi connectivity index (χ2n) is 7.13. The molecule has 1 aliphatic rings. The highest BCUT2D eigenvalue weighted by Gasteiger charge is 2.30. The van der Waals surface area contributed by atoms with E-state index in [1.807, 2.05) is 6.20 Å². The average Bonchev–Trinajstić information content (AvgIpc) is 2.35. The van der Waals surface area contributed by atoms with Crippen LogP contribution in [0.4, 0.5) is 5.69 Å². The van der Waals surface area contributed by atoms with Gasteiger partial charge >= 0.3 is 0 Å². The minimum atomic E-state index is 0.0360. The predicted octanol–water partition coefficient (Wildman–Crippen LogP) is 2.58. The van der Waals surface area contributed by atoms with Gasteiger partial charge in [-0.1, -0.05) is 0 Å². The monoisotopic (exact) mass is 277 g/mol. The second-order valence-corrected chi connectivity index (χ2v) is 7.13. The molecule has 1 saturated heterocycles. The third-order valence-corrected chi connectivity index (χ3v) is 3.56. The van der Waals surface area contributed by atoms with Gasteiger partial charge in [0.2, 0.25) is 0 Å². The molecule has 0 bridgehead atoms. The normalized spacial score (nSPS) is 19.1. The lowest BCUT2D eigenvalue weighted by Gasteiger charge is -2.43. The fourth-order valence-corrected chi connectivity index (χ4v) is 2.42. The summed E-state index contributed by atoms with van der Waals surface area (Å²) in [5.41, 5.74) is 2.46. The van der Waals surface area contributed by atoms with Crippen LogP contribution in [0.1, 0.15) is 40.3 Å². The Morgan fingerprint density at radius 3 is 2.80 bits per heavy atom. The molecule has 4 nitrogen and oxygen atoms in total. The molecule has 0 aliphatic carbocycles. The molecule has 4 heteroatoms. The molecule has 0 radical (unpaired) electrons. The summed E-state index contributed by atoms with van der Waals surface area (Å²) in [6.45, 7) is 14.2. The number of pyridine rings is 1. The SMILES string of the molecule is CC(C)(C)NCc1cc(N2CCOCC2(C)C)ccn1. The second kappa shape index (κ2) is 5.70. The van der Waals surface area contributed by atoms with E-state index >= 15 is 0 Å². The Kier molecular flexibility index (Phi) is 4.35. The van der Waals surface area contributed by atoms with Gasteiger partial charge in [0, 0.05) is 30.5 Å². The van der Waals surface area contributed by atoms with Gasteiger partial charge in [0.1, 0.15) is 0 Å². The topological polar surface area (TPSA) is 37.4 Å². The van der Waals surface area contributed by atoms with Crippen LogP contribution >= 0.6 is 0 Å². The van der Waals surface area contributed by atoms with Crippen molar-refractivity contribution in [3.05, 3.63) is 24.0 Å². The lowest BCUT2D eigenvalue weighted by molar-refractivity contribution is 0.0644. The van der Waals surface area contributed by atoms with Crippen molar-refractivity contribution in [3.63, 3.8) is 0 Å². The number of aromatic nitrogens is 1. The summed E-state index contributed by atoms with van der Waals surface area (Å²) < 4.78 is 5.59. The molecule has 1 aromatic heterocycles. The van der Waals surface area contributed by atoms with Crippen LogP contribution in [0.5, 0.6) is 0 Å². The third-order valence-electron chi connectivity index (χ3n) is 3.56. The number of nitrogens with one attached hydrogen (secondary N) is 1. The number of hydrogen-bond acceptors (Lipinski definition) is 4. The molecule has 2 rings (SSSR count). The van der Waals surface area contributed by atoms with Crippen molar-refractivity contribution in [2.24, 2.45) is 0 Å². The molecule has 1 fully saturated rings. The molecule has 112 valence electrons. The molecule has 20 heavy (non-hydrogen) atoms. The number of ether oxygens (including phenoxy) is 1. The van der Waals surface area contributed by atoms with Crippen LogP contribution in [0.3, 0.4) is 0 Å². The van der Waals surface area contributed by atoms with E-state index in [0.29, 0.717) is 0 Å². The predicted molar refractivity (Wildman–Crippen MR) is 83.1 cm³/mol. The fraction of sp³-hybridized carbons (Fsp3) is 0.688. The summed E-state index contributed by atoms with van der Waals surface area (Å²) in [7, 11) is 0. The van der Waals surface area contributed by atoms with Crippen molar-refractivity contribution in [2.75, 3.05) is 24.7 Å². The molecule has 2 heterocycles. The first-order valence-electron chi connectivity index (χ1n) is 7.33. The van der Waals surface area contributed by atoms with Crippen molar-refractivity contribution in [1.82, 2.24) is 10.3 Å². The lowest BCUT2D eigenvalue weighted by Crippen LogP contribution is -2.53. The van der Waals surface area contributed by atoms with Crippen LogP contribution in [0.2, 0.25) is 0 Å². The summed E-state index contributed by atoms with van der Waals surface area (Å²) in [6, 6.07) is 4.28. The molecular weight excluding hydrogens is 250 g/mol. The molecule has 0 aromatic carbocycles. The third kappa shape index (κ3) is 3.93. The van der Waals surface area contributed by atoms with E-state index in [2.05, 4.69) is 62.0 Å². The first-order chi connectivity index (χ1) is 9.28. The maximum absolute atomic E-state index is 5.59. The Morgan fingerprint density at radius 1 is 1.40 bits per heavy atom. The Hall–Kier alpha value is -1.13. The van der Waals surface area contributed by atoms with E-state index in [1.54, 1.807) is 0 Å².